The predicted octanol–water partition coefficient (Wildman–Crippen LogP) is -3.43. The Hall–Kier alpha value is -6.85. The number of primary amides is 3. The second-order valence-electron chi connectivity index (χ2n) is 18.1. The lowest BCUT2D eigenvalue weighted by atomic mass is 9.96. The summed E-state index contributed by atoms with van der Waals surface area (Å²) >= 11 is 0. The summed E-state index contributed by atoms with van der Waals surface area (Å²) in [6, 6.07) is -4.83. The summed E-state index contributed by atoms with van der Waals surface area (Å²) < 4.78 is 0. The highest BCUT2D eigenvalue weighted by Crippen LogP contribution is 2.22. The molecule has 382 valence electrons. The van der Waals surface area contributed by atoms with Gasteiger partial charge < -0.3 is 70.2 Å². The van der Waals surface area contributed by atoms with Crippen LogP contribution in [-0.4, -0.2) is 136 Å². The average Bonchev–Trinajstić information content (AvgIpc) is 3.78. The van der Waals surface area contributed by atoms with Crippen LogP contribution < -0.4 is 60.2 Å². The molecular weight excluding hydrogens is 901 g/mol. The number of nitrogens with zero attached hydrogens (tertiary/aromatic N) is 1. The molecule has 1 aromatic carbocycles. The molecule has 1 aromatic rings. The van der Waals surface area contributed by atoms with Crippen LogP contribution in [0.25, 0.3) is 0 Å². The van der Waals surface area contributed by atoms with Gasteiger partial charge >= 0.3 is 0 Å². The number of likely N-dealkylation sites (tertiary alicyclic amines) is 1. The number of nitrogens with one attached hydrogen (secondary N) is 7. The van der Waals surface area contributed by atoms with Gasteiger partial charge in [-0.2, -0.15) is 0 Å². The third-order valence-corrected chi connectivity index (χ3v) is 12.0. The van der Waals surface area contributed by atoms with Crippen LogP contribution in [0.2, 0.25) is 0 Å². The molecule has 2 fully saturated rings. The minimum absolute atomic E-state index is 0.0307. The van der Waals surface area contributed by atoms with E-state index in [2.05, 4.69) is 37.2 Å². The molecule has 9 atom stereocenters. The van der Waals surface area contributed by atoms with Crippen LogP contribution in [0.3, 0.4) is 0 Å². The van der Waals surface area contributed by atoms with Gasteiger partial charge in [0.15, 0.2) is 0 Å². The number of nitrogens with two attached hydrogens (primary N) is 4. The quantitative estimate of drug-likeness (QED) is 0.0725. The average molecular weight is 971 g/mol. The summed E-state index contributed by atoms with van der Waals surface area (Å²) in [7, 11) is 0. The van der Waals surface area contributed by atoms with E-state index in [1.54, 1.807) is 26.0 Å². The van der Waals surface area contributed by atoms with Gasteiger partial charge in [-0.15, -0.1) is 0 Å². The summed E-state index contributed by atoms with van der Waals surface area (Å²) in [6.07, 6.45) is -0.345. The number of hydrogen-bond donors (Lipinski definition) is 12. The molecular formula is C45H70N12O12. The summed E-state index contributed by atoms with van der Waals surface area (Å²) in [5.74, 6) is -9.90. The van der Waals surface area contributed by atoms with E-state index in [0.29, 0.717) is 18.4 Å². The second kappa shape index (κ2) is 27.2. The van der Waals surface area contributed by atoms with E-state index < -0.39 is 139 Å². The number of phenolic OH excluding ortho intramolecular Hbond substituents is 1. The van der Waals surface area contributed by atoms with Crippen molar-refractivity contribution in [2.75, 3.05) is 13.1 Å². The topological polar surface area (TPSA) is 400 Å². The fourth-order valence-corrected chi connectivity index (χ4v) is 7.96. The van der Waals surface area contributed by atoms with Gasteiger partial charge in [-0.3, -0.25) is 52.7 Å². The number of carbonyl (C=O) groups is 11. The molecule has 0 aliphatic carbocycles. The van der Waals surface area contributed by atoms with Crippen LogP contribution in [-0.2, 0) is 59.2 Å². The molecule has 0 bridgehead atoms. The lowest BCUT2D eigenvalue weighted by molar-refractivity contribution is -0.143. The van der Waals surface area contributed by atoms with Gasteiger partial charge in [0.2, 0.25) is 65.0 Å². The number of amides is 11. The molecule has 1 unspecified atom stereocenters. The molecule has 2 aliphatic rings. The normalized spacial score (nSPS) is 24.3. The fraction of sp³-hybridized carbons (Fsp3) is 0.622. The third kappa shape index (κ3) is 18.3. The van der Waals surface area contributed by atoms with E-state index in [1.165, 1.54) is 17.0 Å². The van der Waals surface area contributed by atoms with Gasteiger partial charge in [-0.1, -0.05) is 59.1 Å². The van der Waals surface area contributed by atoms with E-state index in [4.69, 9.17) is 22.9 Å². The number of rotatable bonds is 17. The molecule has 16 N–H and O–H groups in total. The van der Waals surface area contributed by atoms with Crippen molar-refractivity contribution in [1.82, 2.24) is 42.1 Å². The minimum Gasteiger partial charge on any atom is -0.508 e. The number of carbonyl (C=O) groups excluding carboxylic acids is 11. The lowest BCUT2D eigenvalue weighted by Gasteiger charge is -2.31. The summed E-state index contributed by atoms with van der Waals surface area (Å²) in [5.41, 5.74) is 23.0. The molecule has 24 heteroatoms. The van der Waals surface area contributed by atoms with Crippen molar-refractivity contribution < 1.29 is 57.8 Å². The smallest absolute Gasteiger partial charge is 0.245 e. The van der Waals surface area contributed by atoms with Crippen molar-refractivity contribution in [1.29, 1.82) is 0 Å². The van der Waals surface area contributed by atoms with E-state index in [9.17, 15) is 57.8 Å². The highest BCUT2D eigenvalue weighted by Gasteiger charge is 2.41. The van der Waals surface area contributed by atoms with Crippen molar-refractivity contribution in [3.05, 3.63) is 29.8 Å². The predicted molar refractivity (Wildman–Crippen MR) is 248 cm³/mol. The van der Waals surface area contributed by atoms with E-state index in [1.807, 2.05) is 13.8 Å². The van der Waals surface area contributed by atoms with Crippen LogP contribution >= 0.6 is 0 Å². The van der Waals surface area contributed by atoms with E-state index in [-0.39, 0.29) is 69.6 Å². The highest BCUT2D eigenvalue weighted by molar-refractivity contribution is 5.99. The zero-order chi connectivity index (χ0) is 51.5. The first kappa shape index (κ1) is 56.5. The van der Waals surface area contributed by atoms with Crippen molar-refractivity contribution in [3.63, 3.8) is 0 Å². The summed E-state index contributed by atoms with van der Waals surface area (Å²) in [5, 5.41) is 27.8. The Kier molecular flexibility index (Phi) is 22.3. The Morgan fingerprint density at radius 2 is 1.35 bits per heavy atom. The number of phenols is 1. The van der Waals surface area contributed by atoms with Crippen molar-refractivity contribution in [3.8, 4) is 5.75 Å². The minimum atomic E-state index is -1.74. The molecule has 69 heavy (non-hydrogen) atoms. The molecule has 0 radical (unpaired) electrons. The van der Waals surface area contributed by atoms with Crippen LogP contribution in [0.5, 0.6) is 5.75 Å². The standard InChI is InChI=1S/C45H70N12O12/c1-5-24(4)37-44(68)51-28(16-17-34(47)59)40(64)54-32(21-35(48)60)41(65)52-29(10-7-6-9-27(46)38(62)53-31(42(66)56-37)20-25-12-14-26(58)15-13-25)45(69)57-18-8-11-33(57)43(67)55-30(19-23(2)3)39(63)50-22-36(49)61/h12-15,23-24,27-33,37,58H,5-11,16-22,46H2,1-4H3,(H2,47,59)(H2,48,60)(H2,49,61)(H,50,63)(H,51,68)(H,52,65)(H,53,62)(H,54,64)(H,55,67)(H,56,66)/t24-,27+,28?,29+,30+,31+,32+,33+,37+/m1/s1. The molecule has 2 heterocycles. The van der Waals surface area contributed by atoms with Gasteiger partial charge in [0.25, 0.3) is 0 Å². The number of benzene rings is 1. The maximum atomic E-state index is 14.5. The van der Waals surface area contributed by atoms with Crippen LogP contribution in [0.1, 0.15) is 104 Å². The maximum absolute atomic E-state index is 14.5. The van der Waals surface area contributed by atoms with E-state index in [0.717, 1.165) is 0 Å². The first-order chi connectivity index (χ1) is 32.5. The zero-order valence-corrected chi connectivity index (χ0v) is 39.7. The number of aromatic hydroxyl groups is 1. The first-order valence-corrected chi connectivity index (χ1v) is 23.3. The van der Waals surface area contributed by atoms with Crippen molar-refractivity contribution in [2.45, 2.75) is 153 Å². The lowest BCUT2D eigenvalue weighted by Crippen LogP contribution is -2.61. The molecule has 0 spiro atoms. The Balaban J connectivity index is 2.05. The molecule has 0 aromatic heterocycles. The Morgan fingerprint density at radius 1 is 0.739 bits per heavy atom. The fourth-order valence-electron chi connectivity index (χ4n) is 7.96. The zero-order valence-electron chi connectivity index (χ0n) is 39.7. The van der Waals surface area contributed by atoms with Crippen LogP contribution in [0, 0.1) is 11.8 Å². The third-order valence-electron chi connectivity index (χ3n) is 12.0. The molecule has 3 rings (SSSR count). The second-order valence-corrected chi connectivity index (χ2v) is 18.1. The summed E-state index contributed by atoms with van der Waals surface area (Å²) in [6.45, 7) is 6.64. The highest BCUT2D eigenvalue weighted by atomic mass is 16.3. The van der Waals surface area contributed by atoms with Crippen LogP contribution in [0.4, 0.5) is 0 Å². The largest absolute Gasteiger partial charge is 0.508 e. The van der Waals surface area contributed by atoms with Gasteiger partial charge in [0.05, 0.1) is 19.0 Å². The van der Waals surface area contributed by atoms with E-state index >= 15 is 0 Å². The Labute approximate surface area is 400 Å². The van der Waals surface area contributed by atoms with Crippen molar-refractivity contribution >= 4 is 65.0 Å². The van der Waals surface area contributed by atoms with Crippen LogP contribution in [0.15, 0.2) is 24.3 Å². The molecule has 2 aliphatic heterocycles. The van der Waals surface area contributed by atoms with Gasteiger partial charge in [-0.05, 0) is 68.1 Å². The molecule has 24 nitrogen and oxygen atoms in total. The Bertz CT molecular complexity index is 2040. The number of hydrogen-bond acceptors (Lipinski definition) is 13. The SMILES string of the molecule is CC[C@@H](C)[C@@H]1NC(=O)[C@H](Cc2ccc(O)cc2)NC(=O)[C@@H](N)CCCC[C@@H](C(=O)N2CCC[C@H]2C(=O)N[C@@H](CC(C)C)C(=O)NCC(N)=O)NC(=O)[C@H](CC(N)=O)NC(=O)C(CCC(N)=O)NC1=O. The monoisotopic (exact) mass is 971 g/mol. The van der Waals surface area contributed by atoms with Crippen molar-refractivity contribution in [2.24, 2.45) is 34.8 Å². The van der Waals surface area contributed by atoms with Gasteiger partial charge in [0, 0.05) is 19.4 Å². The molecule has 2 saturated heterocycles. The molecule has 0 saturated carbocycles. The van der Waals surface area contributed by atoms with Gasteiger partial charge in [-0.25, -0.2) is 0 Å². The van der Waals surface area contributed by atoms with Gasteiger partial charge in [0.1, 0.15) is 48.0 Å². The Morgan fingerprint density at radius 3 is 1.96 bits per heavy atom. The summed E-state index contributed by atoms with van der Waals surface area (Å²) in [4.78, 5) is 148. The first-order valence-electron chi connectivity index (χ1n) is 23.3. The maximum Gasteiger partial charge on any atom is 0.245 e. The molecule has 11 amide bonds.